The van der Waals surface area contributed by atoms with Crippen molar-refractivity contribution in [1.29, 1.82) is 0 Å². The van der Waals surface area contributed by atoms with Crippen LogP contribution in [0.25, 0.3) is 10.9 Å². The summed E-state index contributed by atoms with van der Waals surface area (Å²) in [6, 6.07) is 8.77. The van der Waals surface area contributed by atoms with Gasteiger partial charge in [-0.2, -0.15) is 0 Å². The molecule has 0 spiro atoms. The highest BCUT2D eigenvalue weighted by atomic mass is 16.5. The molecular formula is C20H18N2O5. The molecule has 0 radical (unpaired) electrons. The number of H-pyrrole nitrogens is 1. The molecule has 1 N–H and O–H groups in total. The molecule has 2 aromatic heterocycles. The van der Waals surface area contributed by atoms with E-state index in [2.05, 4.69) is 4.98 Å². The molecule has 0 saturated carbocycles. The Morgan fingerprint density at radius 3 is 2.70 bits per heavy atom. The second-order valence-electron chi connectivity index (χ2n) is 6.68. The van der Waals surface area contributed by atoms with E-state index in [0.29, 0.717) is 28.1 Å². The third kappa shape index (κ3) is 2.71. The SMILES string of the molecule is COc1ccc2cc([C@H]3CC(=O)Oc4cc(C)[nH]c(=O)c43)c(=O)n(C)c2c1. The number of fused-ring (bicyclic) bond motifs is 2. The second kappa shape index (κ2) is 6.12. The number of rotatable bonds is 2. The summed E-state index contributed by atoms with van der Waals surface area (Å²) >= 11 is 0. The molecule has 3 aromatic rings. The maximum atomic E-state index is 13.0. The monoisotopic (exact) mass is 366 g/mol. The van der Waals surface area contributed by atoms with Gasteiger partial charge in [-0.05, 0) is 30.5 Å². The summed E-state index contributed by atoms with van der Waals surface area (Å²) in [5.41, 5.74) is 1.39. The van der Waals surface area contributed by atoms with Crippen LogP contribution in [0.15, 0.2) is 39.9 Å². The van der Waals surface area contributed by atoms with E-state index in [1.807, 2.05) is 6.07 Å². The van der Waals surface area contributed by atoms with Crippen LogP contribution in [0.4, 0.5) is 0 Å². The Labute approximate surface area is 154 Å². The molecule has 1 aliphatic rings. The van der Waals surface area contributed by atoms with Crippen LogP contribution in [0.3, 0.4) is 0 Å². The molecule has 0 saturated heterocycles. The van der Waals surface area contributed by atoms with E-state index in [4.69, 9.17) is 9.47 Å². The fraction of sp³-hybridized carbons (Fsp3) is 0.250. The Balaban J connectivity index is 1.99. The average Bonchev–Trinajstić information content (AvgIpc) is 2.63. The predicted octanol–water partition coefficient (Wildman–Crippen LogP) is 1.98. The van der Waals surface area contributed by atoms with Crippen LogP contribution < -0.4 is 20.6 Å². The molecule has 7 nitrogen and oxygen atoms in total. The number of hydrogen-bond donors (Lipinski definition) is 1. The molecule has 7 heteroatoms. The van der Waals surface area contributed by atoms with Crippen LogP contribution in [0.2, 0.25) is 0 Å². The zero-order valence-corrected chi connectivity index (χ0v) is 15.2. The van der Waals surface area contributed by atoms with E-state index in [9.17, 15) is 14.4 Å². The number of aryl methyl sites for hydroxylation is 2. The first-order valence-electron chi connectivity index (χ1n) is 8.51. The average molecular weight is 366 g/mol. The van der Waals surface area contributed by atoms with Crippen LogP contribution in [0.5, 0.6) is 11.5 Å². The Morgan fingerprint density at radius 2 is 1.96 bits per heavy atom. The van der Waals surface area contributed by atoms with Gasteiger partial charge in [0.05, 0.1) is 24.6 Å². The quantitative estimate of drug-likeness (QED) is 0.701. The summed E-state index contributed by atoms with van der Waals surface area (Å²) in [5, 5.41) is 0.817. The Kier molecular flexibility index (Phi) is 3.87. The maximum Gasteiger partial charge on any atom is 0.312 e. The molecule has 0 amide bonds. The lowest BCUT2D eigenvalue weighted by Crippen LogP contribution is -2.32. The maximum absolute atomic E-state index is 13.0. The zero-order valence-electron chi connectivity index (χ0n) is 15.2. The lowest BCUT2D eigenvalue weighted by atomic mass is 9.87. The van der Waals surface area contributed by atoms with Gasteiger partial charge in [0, 0.05) is 36.4 Å². The predicted molar refractivity (Wildman–Crippen MR) is 99.6 cm³/mol. The highest BCUT2D eigenvalue weighted by Gasteiger charge is 2.33. The molecule has 0 fully saturated rings. The summed E-state index contributed by atoms with van der Waals surface area (Å²) in [6.45, 7) is 1.71. The van der Waals surface area contributed by atoms with E-state index < -0.39 is 11.9 Å². The normalized spacial score (nSPS) is 16.1. The number of aromatic nitrogens is 2. The van der Waals surface area contributed by atoms with Crippen molar-refractivity contribution < 1.29 is 14.3 Å². The van der Waals surface area contributed by atoms with E-state index >= 15 is 0 Å². The molecular weight excluding hydrogens is 348 g/mol. The molecule has 1 atom stereocenters. The van der Waals surface area contributed by atoms with Crippen molar-refractivity contribution in [3.05, 3.63) is 67.9 Å². The molecule has 27 heavy (non-hydrogen) atoms. The van der Waals surface area contributed by atoms with Crippen molar-refractivity contribution in [2.24, 2.45) is 7.05 Å². The van der Waals surface area contributed by atoms with Gasteiger partial charge in [0.25, 0.3) is 11.1 Å². The number of nitrogens with one attached hydrogen (secondary N) is 1. The summed E-state index contributed by atoms with van der Waals surface area (Å²) in [5.74, 6) is -0.261. The van der Waals surface area contributed by atoms with Crippen molar-refractivity contribution in [1.82, 2.24) is 9.55 Å². The number of pyridine rings is 2. The minimum Gasteiger partial charge on any atom is -0.497 e. The van der Waals surface area contributed by atoms with Gasteiger partial charge in [-0.25, -0.2) is 0 Å². The summed E-state index contributed by atoms with van der Waals surface area (Å²) < 4.78 is 12.0. The van der Waals surface area contributed by atoms with Crippen LogP contribution in [-0.2, 0) is 11.8 Å². The van der Waals surface area contributed by atoms with Crippen LogP contribution >= 0.6 is 0 Å². The zero-order chi connectivity index (χ0) is 19.3. The molecule has 1 aliphatic heterocycles. The van der Waals surface area contributed by atoms with Crippen molar-refractivity contribution in [3.63, 3.8) is 0 Å². The van der Waals surface area contributed by atoms with Crippen LogP contribution in [0, 0.1) is 6.92 Å². The number of methoxy groups -OCH3 is 1. The number of esters is 1. The van der Waals surface area contributed by atoms with E-state index in [0.717, 1.165) is 5.39 Å². The minimum absolute atomic E-state index is 0.0595. The molecule has 4 rings (SSSR count). The second-order valence-corrected chi connectivity index (χ2v) is 6.68. The Morgan fingerprint density at radius 1 is 1.19 bits per heavy atom. The van der Waals surface area contributed by atoms with Gasteiger partial charge >= 0.3 is 5.97 Å². The van der Waals surface area contributed by atoms with Gasteiger partial charge in [0.1, 0.15) is 11.5 Å². The number of benzene rings is 1. The first kappa shape index (κ1) is 17.1. The van der Waals surface area contributed by atoms with Gasteiger partial charge in [-0.15, -0.1) is 0 Å². The van der Waals surface area contributed by atoms with Crippen molar-refractivity contribution in [2.75, 3.05) is 7.11 Å². The Hall–Kier alpha value is -3.35. The topological polar surface area (TPSA) is 90.4 Å². The molecule has 0 bridgehead atoms. The number of ether oxygens (including phenoxy) is 2. The van der Waals surface area contributed by atoms with Crippen molar-refractivity contribution in [3.8, 4) is 11.5 Å². The van der Waals surface area contributed by atoms with Gasteiger partial charge in [0.15, 0.2) is 0 Å². The molecule has 1 aromatic carbocycles. The van der Waals surface area contributed by atoms with Crippen molar-refractivity contribution >= 4 is 16.9 Å². The minimum atomic E-state index is -0.657. The summed E-state index contributed by atoms with van der Waals surface area (Å²) in [4.78, 5) is 40.4. The number of hydrogen-bond acceptors (Lipinski definition) is 5. The number of nitrogens with zero attached hydrogens (tertiary/aromatic N) is 1. The third-order valence-corrected chi connectivity index (χ3v) is 4.95. The highest BCUT2D eigenvalue weighted by Crippen LogP contribution is 2.36. The van der Waals surface area contributed by atoms with E-state index in [1.54, 1.807) is 45.3 Å². The number of carbonyl (C=O) groups is 1. The van der Waals surface area contributed by atoms with Gasteiger partial charge in [-0.3, -0.25) is 14.4 Å². The third-order valence-electron chi connectivity index (χ3n) is 4.95. The van der Waals surface area contributed by atoms with E-state index in [-0.39, 0.29) is 23.3 Å². The van der Waals surface area contributed by atoms with Crippen LogP contribution in [-0.4, -0.2) is 22.6 Å². The number of carbonyl (C=O) groups excluding carboxylic acids is 1. The Bertz CT molecular complexity index is 1210. The summed E-state index contributed by atoms with van der Waals surface area (Å²) in [6.07, 6.45) is -0.0595. The number of aromatic amines is 1. The van der Waals surface area contributed by atoms with Gasteiger partial charge in [-0.1, -0.05) is 0 Å². The lowest BCUT2D eigenvalue weighted by molar-refractivity contribution is -0.135. The van der Waals surface area contributed by atoms with Crippen molar-refractivity contribution in [2.45, 2.75) is 19.3 Å². The molecule has 0 unspecified atom stereocenters. The summed E-state index contributed by atoms with van der Waals surface area (Å²) in [7, 11) is 3.22. The van der Waals surface area contributed by atoms with Crippen LogP contribution in [0.1, 0.15) is 29.2 Å². The molecule has 0 aliphatic carbocycles. The molecule has 138 valence electrons. The fourth-order valence-corrected chi connectivity index (χ4v) is 3.63. The standard InChI is InChI=1S/C20H18N2O5/c1-10-6-16-18(19(24)21-10)13(9-17(23)27-16)14-7-11-4-5-12(26-3)8-15(11)22(2)20(14)25/h4-8,13H,9H2,1-3H3,(H,21,24)/t13-/m1/s1. The smallest absolute Gasteiger partial charge is 0.312 e. The highest BCUT2D eigenvalue weighted by molar-refractivity contribution is 5.82. The van der Waals surface area contributed by atoms with Gasteiger partial charge in [0.2, 0.25) is 0 Å². The lowest BCUT2D eigenvalue weighted by Gasteiger charge is -2.24. The first-order valence-corrected chi connectivity index (χ1v) is 8.51. The molecule has 3 heterocycles. The van der Waals surface area contributed by atoms with E-state index in [1.165, 1.54) is 4.57 Å². The van der Waals surface area contributed by atoms with Gasteiger partial charge < -0.3 is 19.0 Å². The fourth-order valence-electron chi connectivity index (χ4n) is 3.63. The first-order chi connectivity index (χ1) is 12.9. The largest absolute Gasteiger partial charge is 0.497 e.